The lowest BCUT2D eigenvalue weighted by molar-refractivity contribution is -0.138. The molecule has 2 heterocycles. The summed E-state index contributed by atoms with van der Waals surface area (Å²) in [6.45, 7) is 9.18. The molecule has 33 heavy (non-hydrogen) atoms. The quantitative estimate of drug-likeness (QED) is 0.725. The van der Waals surface area contributed by atoms with Gasteiger partial charge in [0.05, 0.1) is 17.6 Å². The second-order valence-corrected chi connectivity index (χ2v) is 9.38. The maximum absolute atomic E-state index is 13.2. The lowest BCUT2D eigenvalue weighted by Crippen LogP contribution is -2.52. The molecular formula is C27H32N4O2. The predicted octanol–water partition coefficient (Wildman–Crippen LogP) is 3.37. The van der Waals surface area contributed by atoms with Gasteiger partial charge in [-0.05, 0) is 56.5 Å². The van der Waals surface area contributed by atoms with E-state index in [1.807, 2.05) is 60.0 Å². The van der Waals surface area contributed by atoms with E-state index in [9.17, 15) is 9.59 Å². The van der Waals surface area contributed by atoms with E-state index in [2.05, 4.69) is 17.0 Å². The van der Waals surface area contributed by atoms with Crippen LogP contribution in [0.1, 0.15) is 45.5 Å². The van der Waals surface area contributed by atoms with Crippen LogP contribution in [0, 0.1) is 31.1 Å². The van der Waals surface area contributed by atoms with E-state index in [0.29, 0.717) is 18.7 Å². The van der Waals surface area contributed by atoms with E-state index >= 15 is 0 Å². The van der Waals surface area contributed by atoms with Gasteiger partial charge in [-0.2, -0.15) is 5.26 Å². The first-order valence-corrected chi connectivity index (χ1v) is 11.8. The Balaban J connectivity index is 1.31. The van der Waals surface area contributed by atoms with Crippen molar-refractivity contribution >= 4 is 11.8 Å². The molecule has 0 N–H and O–H groups in total. The van der Waals surface area contributed by atoms with Crippen molar-refractivity contribution in [2.24, 2.45) is 5.92 Å². The minimum absolute atomic E-state index is 0.0338. The molecule has 0 saturated carbocycles. The summed E-state index contributed by atoms with van der Waals surface area (Å²) in [6, 6.07) is 15.8. The Morgan fingerprint density at radius 1 is 0.939 bits per heavy atom. The van der Waals surface area contributed by atoms with Crippen LogP contribution in [0.15, 0.2) is 42.5 Å². The van der Waals surface area contributed by atoms with Crippen molar-refractivity contribution < 1.29 is 9.59 Å². The number of piperazine rings is 1. The van der Waals surface area contributed by atoms with Crippen LogP contribution in [0.2, 0.25) is 0 Å². The van der Waals surface area contributed by atoms with Crippen LogP contribution in [0.4, 0.5) is 0 Å². The molecule has 6 heteroatoms. The van der Waals surface area contributed by atoms with Crippen LogP contribution in [0.3, 0.4) is 0 Å². The first kappa shape index (κ1) is 23.0. The second kappa shape index (κ2) is 10.2. The van der Waals surface area contributed by atoms with E-state index in [-0.39, 0.29) is 17.7 Å². The third kappa shape index (κ3) is 5.61. The number of carbonyl (C=O) groups is 2. The number of nitrogens with zero attached hydrogens (tertiary/aromatic N) is 4. The Labute approximate surface area is 196 Å². The Morgan fingerprint density at radius 2 is 1.61 bits per heavy atom. The summed E-state index contributed by atoms with van der Waals surface area (Å²) in [4.78, 5) is 32.5. The van der Waals surface area contributed by atoms with Gasteiger partial charge in [-0.25, -0.2) is 0 Å². The average Bonchev–Trinajstić information content (AvgIpc) is 2.83. The molecule has 0 radical (unpaired) electrons. The summed E-state index contributed by atoms with van der Waals surface area (Å²) in [5.74, 6) is 0.108. The fraction of sp³-hybridized carbons (Fsp3) is 0.444. The Hall–Kier alpha value is -3.17. The van der Waals surface area contributed by atoms with Crippen molar-refractivity contribution in [2.75, 3.05) is 39.3 Å². The maximum atomic E-state index is 13.2. The Morgan fingerprint density at radius 3 is 2.24 bits per heavy atom. The zero-order chi connectivity index (χ0) is 23.4. The number of likely N-dealkylation sites (tertiary alicyclic amines) is 1. The highest BCUT2D eigenvalue weighted by Crippen LogP contribution is 2.22. The number of rotatable bonds is 4. The molecule has 2 amide bonds. The molecule has 2 aliphatic rings. The largest absolute Gasteiger partial charge is 0.340 e. The minimum Gasteiger partial charge on any atom is -0.340 e. The van der Waals surface area contributed by atoms with Gasteiger partial charge in [0, 0.05) is 51.4 Å². The number of benzene rings is 2. The third-order valence-electron chi connectivity index (χ3n) is 6.70. The van der Waals surface area contributed by atoms with Gasteiger partial charge >= 0.3 is 0 Å². The van der Waals surface area contributed by atoms with Crippen LogP contribution in [0.5, 0.6) is 0 Å². The van der Waals surface area contributed by atoms with Gasteiger partial charge in [-0.1, -0.05) is 29.3 Å². The number of amides is 2. The number of hydrogen-bond acceptors (Lipinski definition) is 4. The lowest BCUT2D eigenvalue weighted by atomic mass is 9.95. The summed E-state index contributed by atoms with van der Waals surface area (Å²) < 4.78 is 0. The second-order valence-electron chi connectivity index (χ2n) is 9.38. The summed E-state index contributed by atoms with van der Waals surface area (Å²) >= 11 is 0. The van der Waals surface area contributed by atoms with E-state index in [4.69, 9.17) is 5.26 Å². The van der Waals surface area contributed by atoms with E-state index < -0.39 is 0 Å². The number of carbonyl (C=O) groups excluding carboxylic acids is 2. The fourth-order valence-corrected chi connectivity index (χ4v) is 4.97. The highest BCUT2D eigenvalue weighted by molar-refractivity contribution is 5.95. The minimum atomic E-state index is -0.112. The smallest absolute Gasteiger partial charge is 0.253 e. The predicted molar refractivity (Wildman–Crippen MR) is 128 cm³/mol. The molecule has 2 saturated heterocycles. The SMILES string of the molecule is Cc1cc(C)cc(C(=O)N2CCCC(C(=O)N3CCN(Cc4ccc(C#N)cc4)CC3)C2)c1. The van der Waals surface area contributed by atoms with Crippen LogP contribution in [-0.4, -0.2) is 65.8 Å². The molecule has 1 unspecified atom stereocenters. The van der Waals surface area contributed by atoms with Gasteiger partial charge in [0.1, 0.15) is 0 Å². The van der Waals surface area contributed by atoms with Gasteiger partial charge in [0.15, 0.2) is 0 Å². The van der Waals surface area contributed by atoms with Gasteiger partial charge in [0.2, 0.25) is 5.91 Å². The molecule has 0 spiro atoms. The maximum Gasteiger partial charge on any atom is 0.253 e. The number of aryl methyl sites for hydroxylation is 2. The normalized spacial score (nSPS) is 19.2. The molecule has 6 nitrogen and oxygen atoms in total. The molecule has 0 bridgehead atoms. The summed E-state index contributed by atoms with van der Waals surface area (Å²) in [7, 11) is 0. The van der Waals surface area contributed by atoms with Crippen molar-refractivity contribution in [2.45, 2.75) is 33.2 Å². The summed E-state index contributed by atoms with van der Waals surface area (Å²) in [6.07, 6.45) is 1.71. The first-order chi connectivity index (χ1) is 15.9. The average molecular weight is 445 g/mol. The molecule has 2 aromatic carbocycles. The molecule has 0 aromatic heterocycles. The third-order valence-corrected chi connectivity index (χ3v) is 6.70. The monoisotopic (exact) mass is 444 g/mol. The van der Waals surface area contributed by atoms with Crippen molar-refractivity contribution in [3.05, 3.63) is 70.3 Å². The van der Waals surface area contributed by atoms with Crippen molar-refractivity contribution in [3.8, 4) is 6.07 Å². The zero-order valence-corrected chi connectivity index (χ0v) is 19.6. The molecule has 4 rings (SSSR count). The number of nitriles is 1. The van der Waals surface area contributed by atoms with Gasteiger partial charge in [0.25, 0.3) is 5.91 Å². The number of hydrogen-bond donors (Lipinski definition) is 0. The molecule has 2 aromatic rings. The molecular weight excluding hydrogens is 412 g/mol. The Kier molecular flexibility index (Phi) is 7.10. The molecule has 172 valence electrons. The van der Waals surface area contributed by atoms with E-state index in [1.54, 1.807) is 0 Å². The molecule has 1 atom stereocenters. The zero-order valence-electron chi connectivity index (χ0n) is 19.6. The van der Waals surface area contributed by atoms with Crippen LogP contribution < -0.4 is 0 Å². The summed E-state index contributed by atoms with van der Waals surface area (Å²) in [5, 5.41) is 8.95. The van der Waals surface area contributed by atoms with Gasteiger partial charge < -0.3 is 9.80 Å². The van der Waals surface area contributed by atoms with E-state index in [1.165, 1.54) is 5.56 Å². The molecule has 2 fully saturated rings. The Bertz CT molecular complexity index is 1030. The fourth-order valence-electron chi connectivity index (χ4n) is 4.97. The van der Waals surface area contributed by atoms with Crippen LogP contribution >= 0.6 is 0 Å². The van der Waals surface area contributed by atoms with Crippen LogP contribution in [-0.2, 0) is 11.3 Å². The molecule has 2 aliphatic heterocycles. The van der Waals surface area contributed by atoms with Crippen LogP contribution in [0.25, 0.3) is 0 Å². The topological polar surface area (TPSA) is 67.7 Å². The van der Waals surface area contributed by atoms with Gasteiger partial charge in [-0.15, -0.1) is 0 Å². The van der Waals surface area contributed by atoms with Crippen molar-refractivity contribution in [3.63, 3.8) is 0 Å². The summed E-state index contributed by atoms with van der Waals surface area (Å²) in [5.41, 5.74) is 4.74. The van der Waals surface area contributed by atoms with Gasteiger partial charge in [-0.3, -0.25) is 14.5 Å². The van der Waals surface area contributed by atoms with E-state index in [0.717, 1.165) is 62.3 Å². The standard InChI is InChI=1S/C27H32N4O2/c1-20-14-21(2)16-25(15-20)27(33)31-9-3-4-24(19-31)26(32)30-12-10-29(11-13-30)18-23-7-5-22(17-28)6-8-23/h5-8,14-16,24H,3-4,9-13,18-19H2,1-2H3. The number of piperidine rings is 1. The molecule has 0 aliphatic carbocycles. The van der Waals surface area contributed by atoms with Crippen molar-refractivity contribution in [1.29, 1.82) is 5.26 Å². The highest BCUT2D eigenvalue weighted by atomic mass is 16.2. The lowest BCUT2D eigenvalue weighted by Gasteiger charge is -2.39. The first-order valence-electron chi connectivity index (χ1n) is 11.8. The highest BCUT2D eigenvalue weighted by Gasteiger charge is 2.33. The van der Waals surface area contributed by atoms with Crippen molar-refractivity contribution in [1.82, 2.24) is 14.7 Å².